The van der Waals surface area contributed by atoms with Gasteiger partial charge in [-0.15, -0.1) is 0 Å². The molecule has 1 N–H and O–H groups in total. The van der Waals surface area contributed by atoms with Crippen molar-refractivity contribution in [1.29, 1.82) is 0 Å². The van der Waals surface area contributed by atoms with Gasteiger partial charge in [-0.3, -0.25) is 19.3 Å². The highest BCUT2D eigenvalue weighted by Crippen LogP contribution is 2.33. The highest BCUT2D eigenvalue weighted by atomic mass is 32.2. The smallest absolute Gasteiger partial charge is 0.328 e. The van der Waals surface area contributed by atoms with Crippen molar-refractivity contribution in [2.45, 2.75) is 11.3 Å². The molecule has 0 unspecified atom stereocenters. The van der Waals surface area contributed by atoms with Crippen LogP contribution in [0.1, 0.15) is 16.8 Å². The summed E-state index contributed by atoms with van der Waals surface area (Å²) in [6.45, 7) is 1.02. The number of para-hydroxylation sites is 1. The third-order valence-corrected chi connectivity index (χ3v) is 9.47. The third kappa shape index (κ3) is 7.37. The highest BCUT2D eigenvalue weighted by Gasteiger charge is 2.29. The predicted octanol–water partition coefficient (Wildman–Crippen LogP) is 7.49. The number of nitrogens with zero attached hydrogens (tertiary/aromatic N) is 3. The molecule has 10 nitrogen and oxygen atoms in total. The van der Waals surface area contributed by atoms with Crippen molar-refractivity contribution in [2.75, 3.05) is 48.8 Å². The first-order chi connectivity index (χ1) is 23.6. The molecule has 0 aromatic heterocycles. The highest BCUT2D eigenvalue weighted by molar-refractivity contribution is 7.92. The molecular weight excluding hydrogens is 641 g/mol. The van der Waals surface area contributed by atoms with Crippen molar-refractivity contribution in [3.63, 3.8) is 0 Å². The summed E-state index contributed by atoms with van der Waals surface area (Å²) in [5, 5.41) is 0. The van der Waals surface area contributed by atoms with E-state index in [-0.39, 0.29) is 28.3 Å². The van der Waals surface area contributed by atoms with E-state index in [1.165, 1.54) is 18.1 Å². The number of methoxy groups -OCH3 is 1. The average molecular weight is 677 g/mol. The molecule has 49 heavy (non-hydrogen) atoms. The van der Waals surface area contributed by atoms with E-state index in [1.807, 2.05) is 60.7 Å². The van der Waals surface area contributed by atoms with Crippen LogP contribution in [-0.4, -0.2) is 59.6 Å². The Kier molecular flexibility index (Phi) is 9.54. The van der Waals surface area contributed by atoms with Crippen molar-refractivity contribution in [3.05, 3.63) is 127 Å². The normalized spacial score (nSPS) is 13.2. The van der Waals surface area contributed by atoms with E-state index in [0.717, 1.165) is 17.9 Å². The maximum Gasteiger partial charge on any atom is 0.328 e. The van der Waals surface area contributed by atoms with Gasteiger partial charge >= 0.3 is 6.03 Å². The second-order valence-electron chi connectivity index (χ2n) is 11.7. The van der Waals surface area contributed by atoms with Gasteiger partial charge in [-0.1, -0.05) is 42.5 Å². The minimum absolute atomic E-state index is 0.0674. The maximum atomic E-state index is 13.8. The first-order valence-corrected chi connectivity index (χ1v) is 17.2. The number of amides is 3. The summed E-state index contributed by atoms with van der Waals surface area (Å²) >= 11 is 0. The molecule has 1 heterocycles. The number of ether oxygens (including phenoxy) is 2. The summed E-state index contributed by atoms with van der Waals surface area (Å²) in [6, 6.07) is 35.2. The van der Waals surface area contributed by atoms with Crippen molar-refractivity contribution in [3.8, 4) is 28.4 Å². The number of benzene rings is 5. The second kappa shape index (κ2) is 14.1. The zero-order chi connectivity index (χ0) is 34.5. The number of anilines is 3. The van der Waals surface area contributed by atoms with Crippen LogP contribution in [0.25, 0.3) is 11.1 Å². The molecule has 0 saturated carbocycles. The molecule has 0 aliphatic carbocycles. The molecular formula is C38H36N4O6S. The van der Waals surface area contributed by atoms with Gasteiger partial charge in [-0.25, -0.2) is 13.2 Å². The molecule has 0 bridgehead atoms. The Labute approximate surface area is 286 Å². The molecule has 250 valence electrons. The van der Waals surface area contributed by atoms with Crippen molar-refractivity contribution in [1.82, 2.24) is 4.90 Å². The molecule has 0 atom stereocenters. The summed E-state index contributed by atoms with van der Waals surface area (Å²) < 4.78 is 41.6. The Morgan fingerprint density at radius 2 is 1.41 bits per heavy atom. The van der Waals surface area contributed by atoms with Crippen LogP contribution in [0.2, 0.25) is 0 Å². The fraction of sp³-hybridized carbons (Fsp3) is 0.158. The summed E-state index contributed by atoms with van der Waals surface area (Å²) in [4.78, 5) is 31.0. The van der Waals surface area contributed by atoms with E-state index in [9.17, 15) is 18.0 Å². The fourth-order valence-corrected chi connectivity index (χ4v) is 6.87. The number of hydrogen-bond acceptors (Lipinski definition) is 6. The molecule has 3 amide bonds. The number of urea groups is 1. The first-order valence-electron chi connectivity index (χ1n) is 15.7. The quantitative estimate of drug-likeness (QED) is 0.164. The number of rotatable bonds is 10. The Morgan fingerprint density at radius 1 is 0.735 bits per heavy atom. The summed E-state index contributed by atoms with van der Waals surface area (Å²) in [5.41, 5.74) is 3.34. The number of hydrogen-bond donors (Lipinski definition) is 1. The van der Waals surface area contributed by atoms with Crippen LogP contribution in [0.5, 0.6) is 17.2 Å². The van der Waals surface area contributed by atoms with E-state index in [2.05, 4.69) is 4.72 Å². The summed E-state index contributed by atoms with van der Waals surface area (Å²) in [5.74, 6) is 1.38. The Bertz CT molecular complexity index is 2090. The van der Waals surface area contributed by atoms with Crippen LogP contribution in [0.15, 0.2) is 126 Å². The molecule has 11 heteroatoms. The zero-order valence-electron chi connectivity index (χ0n) is 27.4. The molecule has 0 spiro atoms. The Morgan fingerprint density at radius 3 is 2.12 bits per heavy atom. The minimum Gasteiger partial charge on any atom is -0.495 e. The van der Waals surface area contributed by atoms with Crippen LogP contribution in [0.4, 0.5) is 21.9 Å². The second-order valence-corrected chi connectivity index (χ2v) is 13.3. The average Bonchev–Trinajstić information content (AvgIpc) is 3.12. The Balaban J connectivity index is 1.21. The lowest BCUT2D eigenvalue weighted by Crippen LogP contribution is -2.49. The van der Waals surface area contributed by atoms with Crippen molar-refractivity contribution in [2.24, 2.45) is 0 Å². The van der Waals surface area contributed by atoms with Gasteiger partial charge in [-0.2, -0.15) is 0 Å². The monoisotopic (exact) mass is 676 g/mol. The van der Waals surface area contributed by atoms with E-state index < -0.39 is 10.0 Å². The van der Waals surface area contributed by atoms with Crippen LogP contribution in [0.3, 0.4) is 0 Å². The van der Waals surface area contributed by atoms with Gasteiger partial charge in [0.2, 0.25) is 0 Å². The van der Waals surface area contributed by atoms with Gasteiger partial charge in [-0.05, 0) is 96.4 Å². The lowest BCUT2D eigenvalue weighted by Gasteiger charge is -2.35. The van der Waals surface area contributed by atoms with Gasteiger partial charge < -0.3 is 14.4 Å². The van der Waals surface area contributed by atoms with E-state index in [1.54, 1.807) is 78.5 Å². The third-order valence-electron chi connectivity index (χ3n) is 8.06. The molecule has 1 fully saturated rings. The van der Waals surface area contributed by atoms with Crippen LogP contribution >= 0.6 is 0 Å². The van der Waals surface area contributed by atoms with Crippen LogP contribution < -0.4 is 24.0 Å². The van der Waals surface area contributed by atoms with E-state index in [4.69, 9.17) is 9.47 Å². The standard InChI is InChI=1S/C38H36N4O6S/c1-40(2)37(43)29-11-7-10-27(24-29)28-16-21-35(47-3)36(25-28)49(45,46)39-30-12-8-13-32(26-30)42-23-9-22-41(38(42)44)31-17-19-34(20-18-31)48-33-14-5-4-6-15-33/h4-8,10-21,24-26,39H,9,22-23H2,1-3H3. The van der Waals surface area contributed by atoms with E-state index in [0.29, 0.717) is 41.2 Å². The maximum absolute atomic E-state index is 13.8. The first kappa shape index (κ1) is 33.1. The fourth-order valence-electron chi connectivity index (χ4n) is 5.63. The van der Waals surface area contributed by atoms with Crippen LogP contribution in [-0.2, 0) is 10.0 Å². The van der Waals surface area contributed by atoms with Gasteiger partial charge in [0.05, 0.1) is 12.8 Å². The van der Waals surface area contributed by atoms with Gasteiger partial charge in [0.1, 0.15) is 22.1 Å². The van der Waals surface area contributed by atoms with Gasteiger partial charge in [0.25, 0.3) is 15.9 Å². The number of nitrogens with one attached hydrogen (secondary N) is 1. The summed E-state index contributed by atoms with van der Waals surface area (Å²) in [7, 11) is 0.608. The molecule has 5 aromatic carbocycles. The lowest BCUT2D eigenvalue weighted by atomic mass is 10.0. The topological polar surface area (TPSA) is 108 Å². The molecule has 0 radical (unpaired) electrons. The van der Waals surface area contributed by atoms with Crippen molar-refractivity contribution < 1.29 is 27.5 Å². The molecule has 1 aliphatic heterocycles. The number of carbonyl (C=O) groups excluding carboxylic acids is 2. The predicted molar refractivity (Wildman–Crippen MR) is 191 cm³/mol. The van der Waals surface area contributed by atoms with Gasteiger partial charge in [0, 0.05) is 44.1 Å². The summed E-state index contributed by atoms with van der Waals surface area (Å²) in [6.07, 6.45) is 0.718. The molecule has 6 rings (SSSR count). The molecule has 5 aromatic rings. The number of carbonyl (C=O) groups is 2. The molecule has 1 saturated heterocycles. The Hall–Kier alpha value is -5.81. The number of sulfonamides is 1. The lowest BCUT2D eigenvalue weighted by molar-refractivity contribution is 0.0827. The largest absolute Gasteiger partial charge is 0.495 e. The van der Waals surface area contributed by atoms with Gasteiger partial charge in [0.15, 0.2) is 0 Å². The van der Waals surface area contributed by atoms with Crippen LogP contribution in [0, 0.1) is 0 Å². The van der Waals surface area contributed by atoms with E-state index >= 15 is 0 Å². The van der Waals surface area contributed by atoms with Crippen molar-refractivity contribution >= 4 is 39.0 Å². The zero-order valence-corrected chi connectivity index (χ0v) is 28.2. The molecule has 1 aliphatic rings. The minimum atomic E-state index is -4.14. The SMILES string of the molecule is COc1ccc(-c2cccc(C(=O)N(C)C)c2)cc1S(=O)(=O)Nc1cccc(N2CCCN(c3ccc(Oc4ccccc4)cc3)C2=O)c1.